The Kier molecular flexibility index (Phi) is 5.73. The van der Waals surface area contributed by atoms with Crippen LogP contribution in [0, 0.1) is 0 Å². The molecule has 0 fully saturated rings. The number of benzene rings is 1. The standard InChI is InChI=1S/C15H21N3O2/c1-13(16-7-9-20-10-8-19)14-11-17-18(12-14)15-5-3-2-4-6-15/h2-6,11-13,16,19H,7-10H2,1H3. The average Bonchev–Trinajstić information content (AvgIpc) is 2.98. The van der Waals surface area contributed by atoms with Gasteiger partial charge in [0.25, 0.3) is 0 Å². The van der Waals surface area contributed by atoms with Crippen molar-refractivity contribution in [3.05, 3.63) is 48.3 Å². The van der Waals surface area contributed by atoms with Crippen LogP contribution in [0.2, 0.25) is 0 Å². The number of aliphatic hydroxyl groups excluding tert-OH is 1. The Morgan fingerprint density at radius 3 is 2.85 bits per heavy atom. The van der Waals surface area contributed by atoms with Crippen molar-refractivity contribution in [2.24, 2.45) is 0 Å². The van der Waals surface area contributed by atoms with Crippen molar-refractivity contribution < 1.29 is 9.84 Å². The van der Waals surface area contributed by atoms with E-state index in [0.717, 1.165) is 17.8 Å². The molecular formula is C15H21N3O2. The summed E-state index contributed by atoms with van der Waals surface area (Å²) in [6, 6.07) is 10.2. The van der Waals surface area contributed by atoms with Gasteiger partial charge < -0.3 is 15.2 Å². The van der Waals surface area contributed by atoms with Gasteiger partial charge >= 0.3 is 0 Å². The number of hydrogen-bond acceptors (Lipinski definition) is 4. The van der Waals surface area contributed by atoms with Crippen LogP contribution in [0.15, 0.2) is 42.7 Å². The summed E-state index contributed by atoms with van der Waals surface area (Å²) in [6.07, 6.45) is 3.90. The van der Waals surface area contributed by atoms with Gasteiger partial charge in [0.15, 0.2) is 0 Å². The Bertz CT molecular complexity index is 499. The molecule has 0 saturated heterocycles. The molecule has 0 saturated carbocycles. The fourth-order valence-electron chi connectivity index (χ4n) is 1.91. The van der Waals surface area contributed by atoms with Crippen LogP contribution in [0.3, 0.4) is 0 Å². The average molecular weight is 275 g/mol. The van der Waals surface area contributed by atoms with Crippen LogP contribution >= 0.6 is 0 Å². The lowest BCUT2D eigenvalue weighted by molar-refractivity contribution is 0.0928. The van der Waals surface area contributed by atoms with Gasteiger partial charge in [0.2, 0.25) is 0 Å². The van der Waals surface area contributed by atoms with Crippen molar-refractivity contribution in [2.75, 3.05) is 26.4 Å². The minimum absolute atomic E-state index is 0.0688. The summed E-state index contributed by atoms with van der Waals surface area (Å²) in [5, 5.41) is 16.3. The van der Waals surface area contributed by atoms with E-state index in [1.54, 1.807) is 0 Å². The molecule has 1 aromatic heterocycles. The molecule has 108 valence electrons. The zero-order valence-electron chi connectivity index (χ0n) is 11.7. The van der Waals surface area contributed by atoms with Gasteiger partial charge in [-0.2, -0.15) is 5.10 Å². The second-order valence-corrected chi connectivity index (χ2v) is 4.57. The highest BCUT2D eigenvalue weighted by atomic mass is 16.5. The van der Waals surface area contributed by atoms with E-state index in [-0.39, 0.29) is 12.6 Å². The molecule has 0 radical (unpaired) electrons. The number of para-hydroxylation sites is 1. The second-order valence-electron chi connectivity index (χ2n) is 4.57. The first-order valence-corrected chi connectivity index (χ1v) is 6.83. The third-order valence-corrected chi connectivity index (χ3v) is 3.06. The van der Waals surface area contributed by atoms with Crippen molar-refractivity contribution in [3.8, 4) is 5.69 Å². The first-order chi connectivity index (χ1) is 9.81. The predicted octanol–water partition coefficient (Wildman–Crippen LogP) is 1.53. The minimum Gasteiger partial charge on any atom is -0.394 e. The molecule has 1 unspecified atom stereocenters. The number of hydrogen-bond donors (Lipinski definition) is 2. The lowest BCUT2D eigenvalue weighted by Gasteiger charge is -2.11. The zero-order valence-corrected chi connectivity index (χ0v) is 11.7. The Labute approximate surface area is 119 Å². The molecule has 0 aliphatic carbocycles. The molecule has 0 bridgehead atoms. The summed E-state index contributed by atoms with van der Waals surface area (Å²) < 4.78 is 7.08. The van der Waals surface area contributed by atoms with E-state index in [1.165, 1.54) is 0 Å². The summed E-state index contributed by atoms with van der Waals surface area (Å²) in [6.45, 7) is 3.90. The Morgan fingerprint density at radius 1 is 1.30 bits per heavy atom. The highest BCUT2D eigenvalue weighted by Crippen LogP contribution is 2.13. The van der Waals surface area contributed by atoms with Gasteiger partial charge in [-0.3, -0.25) is 0 Å². The van der Waals surface area contributed by atoms with Gasteiger partial charge in [0, 0.05) is 24.3 Å². The number of aromatic nitrogens is 2. The molecule has 0 amide bonds. The van der Waals surface area contributed by atoms with Crippen LogP contribution in [-0.2, 0) is 4.74 Å². The number of rotatable bonds is 8. The molecule has 20 heavy (non-hydrogen) atoms. The Hall–Kier alpha value is -1.69. The van der Waals surface area contributed by atoms with E-state index >= 15 is 0 Å². The smallest absolute Gasteiger partial charge is 0.0698 e. The summed E-state index contributed by atoms with van der Waals surface area (Å²) in [4.78, 5) is 0. The van der Waals surface area contributed by atoms with E-state index in [1.807, 2.05) is 47.4 Å². The van der Waals surface area contributed by atoms with Crippen LogP contribution < -0.4 is 5.32 Å². The lowest BCUT2D eigenvalue weighted by atomic mass is 10.2. The monoisotopic (exact) mass is 275 g/mol. The topological polar surface area (TPSA) is 59.3 Å². The van der Waals surface area contributed by atoms with Crippen LogP contribution in [0.1, 0.15) is 18.5 Å². The molecule has 0 aliphatic heterocycles. The molecule has 0 spiro atoms. The van der Waals surface area contributed by atoms with E-state index < -0.39 is 0 Å². The van der Waals surface area contributed by atoms with Crippen molar-refractivity contribution in [1.82, 2.24) is 15.1 Å². The fourth-order valence-corrected chi connectivity index (χ4v) is 1.91. The van der Waals surface area contributed by atoms with Gasteiger partial charge in [0.05, 0.1) is 31.7 Å². The molecule has 2 aromatic rings. The molecule has 2 rings (SSSR count). The third-order valence-electron chi connectivity index (χ3n) is 3.06. The van der Waals surface area contributed by atoms with Crippen LogP contribution in [0.4, 0.5) is 0 Å². The molecule has 1 heterocycles. The van der Waals surface area contributed by atoms with Crippen LogP contribution in [0.25, 0.3) is 5.69 Å². The van der Waals surface area contributed by atoms with Crippen molar-refractivity contribution in [2.45, 2.75) is 13.0 Å². The van der Waals surface area contributed by atoms with E-state index in [2.05, 4.69) is 17.3 Å². The highest BCUT2D eigenvalue weighted by Gasteiger charge is 2.07. The maximum absolute atomic E-state index is 8.61. The first-order valence-electron chi connectivity index (χ1n) is 6.83. The predicted molar refractivity (Wildman–Crippen MR) is 77.9 cm³/mol. The molecule has 2 N–H and O–H groups in total. The Balaban J connectivity index is 1.85. The third kappa shape index (κ3) is 4.16. The van der Waals surface area contributed by atoms with Crippen LogP contribution in [0.5, 0.6) is 0 Å². The molecule has 5 heteroatoms. The molecule has 1 aromatic carbocycles. The van der Waals surface area contributed by atoms with Gasteiger partial charge in [0.1, 0.15) is 0 Å². The van der Waals surface area contributed by atoms with Crippen molar-refractivity contribution in [3.63, 3.8) is 0 Å². The SMILES string of the molecule is CC(NCCOCCO)c1cnn(-c2ccccc2)c1. The van der Waals surface area contributed by atoms with E-state index in [9.17, 15) is 0 Å². The molecule has 0 aliphatic rings. The molecular weight excluding hydrogens is 254 g/mol. The van der Waals surface area contributed by atoms with Crippen LogP contribution in [-0.4, -0.2) is 41.3 Å². The number of aliphatic hydroxyl groups is 1. The Morgan fingerprint density at radius 2 is 2.10 bits per heavy atom. The largest absolute Gasteiger partial charge is 0.394 e. The fraction of sp³-hybridized carbons (Fsp3) is 0.400. The summed E-state index contributed by atoms with van der Waals surface area (Å²) in [5.41, 5.74) is 2.19. The van der Waals surface area contributed by atoms with Crippen molar-refractivity contribution in [1.29, 1.82) is 0 Å². The second kappa shape index (κ2) is 7.79. The van der Waals surface area contributed by atoms with Gasteiger partial charge in [-0.05, 0) is 19.1 Å². The summed E-state index contributed by atoms with van der Waals surface area (Å²) in [5.74, 6) is 0. The summed E-state index contributed by atoms with van der Waals surface area (Å²) >= 11 is 0. The first kappa shape index (κ1) is 14.7. The van der Waals surface area contributed by atoms with E-state index in [4.69, 9.17) is 9.84 Å². The van der Waals surface area contributed by atoms with E-state index in [0.29, 0.717) is 13.2 Å². The maximum atomic E-state index is 8.61. The number of nitrogens with zero attached hydrogens (tertiary/aromatic N) is 2. The normalized spacial score (nSPS) is 12.5. The number of ether oxygens (including phenoxy) is 1. The van der Waals surface area contributed by atoms with Gasteiger partial charge in [-0.15, -0.1) is 0 Å². The number of nitrogens with one attached hydrogen (secondary N) is 1. The maximum Gasteiger partial charge on any atom is 0.0698 e. The zero-order chi connectivity index (χ0) is 14.2. The quantitative estimate of drug-likeness (QED) is 0.717. The lowest BCUT2D eigenvalue weighted by Crippen LogP contribution is -2.23. The molecule has 1 atom stereocenters. The minimum atomic E-state index is 0.0688. The van der Waals surface area contributed by atoms with Crippen molar-refractivity contribution >= 4 is 0 Å². The van der Waals surface area contributed by atoms with Gasteiger partial charge in [-0.1, -0.05) is 18.2 Å². The highest BCUT2D eigenvalue weighted by molar-refractivity contribution is 5.31. The summed E-state index contributed by atoms with van der Waals surface area (Å²) in [7, 11) is 0. The van der Waals surface area contributed by atoms with Gasteiger partial charge in [-0.25, -0.2) is 4.68 Å². The molecule has 5 nitrogen and oxygen atoms in total.